The van der Waals surface area contributed by atoms with Crippen LogP contribution in [0.1, 0.15) is 6.42 Å². The molecule has 0 fully saturated rings. The second-order valence-corrected chi connectivity index (χ2v) is 2.60. The molecule has 0 spiro atoms. The molecule has 0 aromatic heterocycles. The van der Waals surface area contributed by atoms with Crippen LogP contribution in [0.15, 0.2) is 23.7 Å². The molecule has 1 aliphatic rings. The van der Waals surface area contributed by atoms with E-state index in [1.165, 1.54) is 0 Å². The van der Waals surface area contributed by atoms with Crippen LogP contribution in [0.2, 0.25) is 0 Å². The minimum atomic E-state index is -1.31. The molecule has 11 heavy (non-hydrogen) atoms. The molecule has 4 heteroatoms. The third-order valence-corrected chi connectivity index (χ3v) is 1.81. The van der Waals surface area contributed by atoms with Gasteiger partial charge in [-0.15, -0.1) is 0 Å². The Bertz CT molecular complexity index is 189. The number of allylic oxidation sites excluding steroid dienone is 2. The smallest absolute Gasteiger partial charge is 0.423 e. The van der Waals surface area contributed by atoms with Crippen LogP contribution in [0.3, 0.4) is 0 Å². The lowest BCUT2D eigenvalue weighted by Crippen LogP contribution is -2.29. The molecule has 0 aromatic carbocycles. The average Bonchev–Trinajstić information content (AvgIpc) is 2.05. The molecule has 60 valence electrons. The van der Waals surface area contributed by atoms with Gasteiger partial charge in [0.05, 0.1) is 0 Å². The maximum absolute atomic E-state index is 8.82. The van der Waals surface area contributed by atoms with Gasteiger partial charge < -0.3 is 15.4 Å². The summed E-state index contributed by atoms with van der Waals surface area (Å²) in [5.41, 5.74) is 0.659. The van der Waals surface area contributed by atoms with Gasteiger partial charge in [0.1, 0.15) is 0 Å². The van der Waals surface area contributed by atoms with Crippen molar-refractivity contribution in [3.05, 3.63) is 23.7 Å². The summed E-state index contributed by atoms with van der Waals surface area (Å²) in [5, 5.41) is 20.7. The van der Waals surface area contributed by atoms with Crippen LogP contribution in [0.4, 0.5) is 0 Å². The summed E-state index contributed by atoms with van der Waals surface area (Å²) in [7, 11) is 0.539. The molecule has 1 atom stereocenters. The molecule has 1 aliphatic carbocycles. The Morgan fingerprint density at radius 1 is 1.64 bits per heavy atom. The van der Waals surface area contributed by atoms with Crippen molar-refractivity contribution in [1.29, 1.82) is 0 Å². The van der Waals surface area contributed by atoms with E-state index < -0.39 is 7.12 Å². The highest BCUT2D eigenvalue weighted by Gasteiger charge is 2.18. The molecular formula is C7H12BNO2. The molecule has 0 amide bonds. The number of rotatable bonds is 2. The van der Waals surface area contributed by atoms with Gasteiger partial charge >= 0.3 is 7.12 Å². The molecule has 1 unspecified atom stereocenters. The van der Waals surface area contributed by atoms with Crippen LogP contribution in [-0.2, 0) is 0 Å². The van der Waals surface area contributed by atoms with E-state index in [1.807, 2.05) is 19.2 Å². The first-order valence-electron chi connectivity index (χ1n) is 3.64. The molecule has 3 nitrogen and oxygen atoms in total. The van der Waals surface area contributed by atoms with Crippen LogP contribution in [0, 0.1) is 0 Å². The summed E-state index contributed by atoms with van der Waals surface area (Å²) in [6.07, 6.45) is 6.23. The van der Waals surface area contributed by atoms with Crippen molar-refractivity contribution in [2.75, 3.05) is 7.05 Å². The van der Waals surface area contributed by atoms with Crippen LogP contribution < -0.4 is 5.32 Å². The van der Waals surface area contributed by atoms with Crippen molar-refractivity contribution in [1.82, 2.24) is 5.32 Å². The van der Waals surface area contributed by atoms with Gasteiger partial charge in [-0.1, -0.05) is 18.2 Å². The van der Waals surface area contributed by atoms with E-state index in [9.17, 15) is 0 Å². The quantitative estimate of drug-likeness (QED) is 0.467. The first kappa shape index (κ1) is 8.52. The lowest BCUT2D eigenvalue weighted by molar-refractivity contribution is 0.414. The maximum Gasteiger partial charge on any atom is 0.484 e. The third-order valence-electron chi connectivity index (χ3n) is 1.81. The molecule has 0 saturated heterocycles. The van der Waals surface area contributed by atoms with Crippen molar-refractivity contribution < 1.29 is 10.0 Å². The Morgan fingerprint density at radius 2 is 2.36 bits per heavy atom. The molecule has 0 heterocycles. The Morgan fingerprint density at radius 3 is 2.91 bits per heavy atom. The lowest BCUT2D eigenvalue weighted by Gasteiger charge is -2.16. The van der Waals surface area contributed by atoms with E-state index in [0.717, 1.165) is 0 Å². The minimum absolute atomic E-state index is 0.233. The van der Waals surface area contributed by atoms with Gasteiger partial charge in [-0.25, -0.2) is 0 Å². The molecule has 3 N–H and O–H groups in total. The van der Waals surface area contributed by atoms with E-state index in [0.29, 0.717) is 11.9 Å². The molecule has 1 rings (SSSR count). The predicted octanol–water partition coefficient (Wildman–Crippen LogP) is -0.527. The van der Waals surface area contributed by atoms with Crippen LogP contribution >= 0.6 is 0 Å². The first-order valence-corrected chi connectivity index (χ1v) is 3.64. The predicted molar refractivity (Wildman–Crippen MR) is 44.9 cm³/mol. The monoisotopic (exact) mass is 153 g/mol. The van der Waals surface area contributed by atoms with Gasteiger partial charge in [0.15, 0.2) is 0 Å². The fourth-order valence-corrected chi connectivity index (χ4v) is 1.09. The fraction of sp³-hybridized carbons (Fsp3) is 0.429. The third kappa shape index (κ3) is 2.18. The summed E-state index contributed by atoms with van der Waals surface area (Å²) in [6.45, 7) is 0. The molecule has 0 radical (unpaired) electrons. The number of hydrogen-bond acceptors (Lipinski definition) is 3. The van der Waals surface area contributed by atoms with Crippen LogP contribution in [-0.4, -0.2) is 30.3 Å². The van der Waals surface area contributed by atoms with Gasteiger partial charge in [0.2, 0.25) is 0 Å². The van der Waals surface area contributed by atoms with Gasteiger partial charge in [0.25, 0.3) is 0 Å². The van der Waals surface area contributed by atoms with E-state index in [1.54, 1.807) is 6.08 Å². The van der Waals surface area contributed by atoms with Gasteiger partial charge in [-0.3, -0.25) is 0 Å². The van der Waals surface area contributed by atoms with Crippen molar-refractivity contribution in [3.8, 4) is 0 Å². The van der Waals surface area contributed by atoms with Crippen molar-refractivity contribution in [3.63, 3.8) is 0 Å². The van der Waals surface area contributed by atoms with Gasteiger partial charge in [-0.2, -0.15) is 0 Å². The molecule has 0 bridgehead atoms. The SMILES string of the molecule is CNC1C=CC=C(B(O)O)C1. The van der Waals surface area contributed by atoms with Crippen molar-refractivity contribution >= 4 is 7.12 Å². The number of hydrogen-bond donors (Lipinski definition) is 3. The normalized spacial score (nSPS) is 23.2. The number of nitrogens with one attached hydrogen (secondary N) is 1. The van der Waals surface area contributed by atoms with Crippen LogP contribution in [0.25, 0.3) is 0 Å². The second-order valence-electron chi connectivity index (χ2n) is 2.60. The minimum Gasteiger partial charge on any atom is -0.423 e. The van der Waals surface area contributed by atoms with E-state index in [2.05, 4.69) is 5.32 Å². The van der Waals surface area contributed by atoms with E-state index in [4.69, 9.17) is 10.0 Å². The molecule has 0 saturated carbocycles. The Labute approximate surface area is 66.6 Å². The first-order chi connectivity index (χ1) is 5.24. The topological polar surface area (TPSA) is 52.5 Å². The summed E-state index contributed by atoms with van der Waals surface area (Å²) < 4.78 is 0. The highest BCUT2D eigenvalue weighted by Crippen LogP contribution is 2.12. The largest absolute Gasteiger partial charge is 0.484 e. The summed E-state index contributed by atoms with van der Waals surface area (Å²) in [6, 6.07) is 0.233. The number of likely N-dealkylation sites (N-methyl/N-ethyl adjacent to an activating group) is 1. The van der Waals surface area contributed by atoms with E-state index in [-0.39, 0.29) is 6.04 Å². The standard InChI is InChI=1S/C7H12BNO2/c1-9-7-4-2-3-6(5-7)8(10)11/h2-4,7,9-11H,5H2,1H3. The summed E-state index contributed by atoms with van der Waals surface area (Å²) in [4.78, 5) is 0. The lowest BCUT2D eigenvalue weighted by atomic mass is 9.74. The summed E-state index contributed by atoms with van der Waals surface area (Å²) >= 11 is 0. The highest BCUT2D eigenvalue weighted by atomic mass is 16.4. The maximum atomic E-state index is 8.82. The van der Waals surface area contributed by atoms with Crippen LogP contribution in [0.5, 0.6) is 0 Å². The Hall–Kier alpha value is -0.575. The van der Waals surface area contributed by atoms with Crippen molar-refractivity contribution in [2.45, 2.75) is 12.5 Å². The zero-order valence-electron chi connectivity index (χ0n) is 6.49. The van der Waals surface area contributed by atoms with Gasteiger partial charge in [0, 0.05) is 6.04 Å². The van der Waals surface area contributed by atoms with Gasteiger partial charge in [-0.05, 0) is 18.9 Å². The average molecular weight is 153 g/mol. The second kappa shape index (κ2) is 3.71. The molecule has 0 aromatic rings. The molecule has 0 aliphatic heterocycles. The summed E-state index contributed by atoms with van der Waals surface area (Å²) in [5.74, 6) is 0. The highest BCUT2D eigenvalue weighted by molar-refractivity contribution is 6.50. The zero-order chi connectivity index (χ0) is 8.27. The zero-order valence-corrected chi connectivity index (χ0v) is 6.49. The Kier molecular flexibility index (Phi) is 2.88. The Balaban J connectivity index is 2.57. The van der Waals surface area contributed by atoms with E-state index >= 15 is 0 Å². The molecular weight excluding hydrogens is 141 g/mol. The fourth-order valence-electron chi connectivity index (χ4n) is 1.09. The van der Waals surface area contributed by atoms with Crippen molar-refractivity contribution in [2.24, 2.45) is 0 Å².